The lowest BCUT2D eigenvalue weighted by Gasteiger charge is -2.14. The Morgan fingerprint density at radius 2 is 2.14 bits per heavy atom. The molecule has 5 nitrogen and oxygen atoms in total. The highest BCUT2D eigenvalue weighted by Crippen LogP contribution is 2.23. The number of nitrogens with zero attached hydrogens (tertiary/aromatic N) is 2. The van der Waals surface area contributed by atoms with Crippen LogP contribution in [-0.2, 0) is 0 Å². The number of non-ortho nitro benzene ring substituents is 1. The van der Waals surface area contributed by atoms with Crippen LogP contribution in [0.15, 0.2) is 18.2 Å². The highest BCUT2D eigenvalue weighted by molar-refractivity contribution is 14.1. The molecule has 0 saturated carbocycles. The number of benzene rings is 1. The van der Waals surface area contributed by atoms with Crippen LogP contribution in [0.5, 0.6) is 0 Å². The van der Waals surface area contributed by atoms with Crippen molar-refractivity contribution in [2.24, 2.45) is 0 Å². The van der Waals surface area contributed by atoms with E-state index in [2.05, 4.69) is 28.0 Å². The molecule has 0 unspecified atom stereocenters. The maximum atomic E-state index is 10.5. The number of rotatable bonds is 3. The van der Waals surface area contributed by atoms with Crippen LogP contribution in [0.4, 0.5) is 11.4 Å². The van der Waals surface area contributed by atoms with Gasteiger partial charge in [-0.3, -0.25) is 10.1 Å². The molecule has 1 N–H and O–H groups in total. The standard InChI is InChI=1S/C8H10IN3O2/c1-11(2)10-8-4-3-6(12(13)14)5-7(8)9/h3-5,10H,1-2H3. The molecule has 0 saturated heterocycles. The SMILES string of the molecule is CN(C)Nc1ccc([N+](=O)[O-])cc1I. The van der Waals surface area contributed by atoms with Gasteiger partial charge in [0.2, 0.25) is 0 Å². The Balaban J connectivity index is 2.95. The quantitative estimate of drug-likeness (QED) is 0.528. The minimum atomic E-state index is -0.401. The van der Waals surface area contributed by atoms with Gasteiger partial charge in [0.05, 0.1) is 10.6 Å². The summed E-state index contributed by atoms with van der Waals surface area (Å²) >= 11 is 2.06. The van der Waals surface area contributed by atoms with Crippen LogP contribution in [0.3, 0.4) is 0 Å². The first kappa shape index (κ1) is 11.2. The van der Waals surface area contributed by atoms with Crippen molar-refractivity contribution in [3.8, 4) is 0 Å². The summed E-state index contributed by atoms with van der Waals surface area (Å²) in [6.07, 6.45) is 0. The van der Waals surface area contributed by atoms with Crippen molar-refractivity contribution >= 4 is 34.0 Å². The zero-order valence-electron chi connectivity index (χ0n) is 7.82. The van der Waals surface area contributed by atoms with Crippen LogP contribution in [0.2, 0.25) is 0 Å². The van der Waals surface area contributed by atoms with Crippen molar-refractivity contribution in [1.29, 1.82) is 0 Å². The molecular weight excluding hydrogens is 297 g/mol. The summed E-state index contributed by atoms with van der Waals surface area (Å²) in [4.78, 5) is 10.1. The van der Waals surface area contributed by atoms with Crippen molar-refractivity contribution in [2.75, 3.05) is 19.5 Å². The van der Waals surface area contributed by atoms with E-state index in [9.17, 15) is 10.1 Å². The first-order chi connectivity index (χ1) is 6.50. The molecule has 6 heteroatoms. The lowest BCUT2D eigenvalue weighted by atomic mass is 10.3. The maximum Gasteiger partial charge on any atom is 0.270 e. The van der Waals surface area contributed by atoms with Gasteiger partial charge in [0.15, 0.2) is 0 Å². The summed E-state index contributed by atoms with van der Waals surface area (Å²) in [6, 6.07) is 4.71. The number of hydrogen-bond acceptors (Lipinski definition) is 4. The minimum Gasteiger partial charge on any atom is -0.318 e. The number of hydrogen-bond donors (Lipinski definition) is 1. The molecule has 0 amide bonds. The summed E-state index contributed by atoms with van der Waals surface area (Å²) in [5.41, 5.74) is 4.01. The molecular formula is C8H10IN3O2. The number of anilines is 1. The third-order valence-electron chi connectivity index (χ3n) is 1.51. The number of nitro benzene ring substituents is 1. The van der Waals surface area contributed by atoms with E-state index in [1.54, 1.807) is 11.1 Å². The number of hydrazine groups is 1. The first-order valence-corrected chi connectivity index (χ1v) is 4.96. The Kier molecular flexibility index (Phi) is 3.64. The number of nitro groups is 1. The van der Waals surface area contributed by atoms with Crippen molar-refractivity contribution < 1.29 is 4.92 Å². The molecule has 14 heavy (non-hydrogen) atoms. The fourth-order valence-corrected chi connectivity index (χ4v) is 1.57. The molecule has 76 valence electrons. The summed E-state index contributed by atoms with van der Waals surface area (Å²) in [5.74, 6) is 0. The van der Waals surface area contributed by atoms with E-state index < -0.39 is 4.92 Å². The van der Waals surface area contributed by atoms with Gasteiger partial charge in [-0.25, -0.2) is 5.01 Å². The lowest BCUT2D eigenvalue weighted by molar-refractivity contribution is -0.384. The molecule has 0 aliphatic rings. The van der Waals surface area contributed by atoms with Gasteiger partial charge in [-0.1, -0.05) is 0 Å². The van der Waals surface area contributed by atoms with Gasteiger partial charge in [0.1, 0.15) is 0 Å². The Morgan fingerprint density at radius 1 is 1.50 bits per heavy atom. The topological polar surface area (TPSA) is 58.4 Å². The van der Waals surface area contributed by atoms with Gasteiger partial charge in [0.25, 0.3) is 5.69 Å². The molecule has 0 spiro atoms. The first-order valence-electron chi connectivity index (χ1n) is 3.88. The Hall–Kier alpha value is -0.890. The van der Waals surface area contributed by atoms with Crippen molar-refractivity contribution in [3.05, 3.63) is 31.9 Å². The van der Waals surface area contributed by atoms with Crippen LogP contribution in [0, 0.1) is 13.7 Å². The van der Waals surface area contributed by atoms with Gasteiger partial charge in [-0.05, 0) is 28.7 Å². The summed E-state index contributed by atoms with van der Waals surface area (Å²) in [6.45, 7) is 0. The Labute approximate surface area is 95.4 Å². The van der Waals surface area contributed by atoms with Crippen LogP contribution in [-0.4, -0.2) is 24.0 Å². The summed E-state index contributed by atoms with van der Waals surface area (Å²) < 4.78 is 0.825. The monoisotopic (exact) mass is 307 g/mol. The predicted octanol–water partition coefficient (Wildman–Crippen LogP) is 2.09. The molecule has 0 aliphatic carbocycles. The Bertz CT molecular complexity index is 354. The smallest absolute Gasteiger partial charge is 0.270 e. The minimum absolute atomic E-state index is 0.110. The molecule has 0 aromatic heterocycles. The average Bonchev–Trinajstić information content (AvgIpc) is 2.07. The van der Waals surface area contributed by atoms with E-state index in [0.29, 0.717) is 0 Å². The van der Waals surface area contributed by atoms with Crippen LogP contribution in [0.1, 0.15) is 0 Å². The number of halogens is 1. The molecule has 0 atom stereocenters. The summed E-state index contributed by atoms with van der Waals surface area (Å²) in [7, 11) is 3.72. The van der Waals surface area contributed by atoms with Crippen molar-refractivity contribution in [1.82, 2.24) is 5.01 Å². The van der Waals surface area contributed by atoms with Gasteiger partial charge in [-0.2, -0.15) is 0 Å². The van der Waals surface area contributed by atoms with Crippen molar-refractivity contribution in [2.45, 2.75) is 0 Å². The van der Waals surface area contributed by atoms with Crippen molar-refractivity contribution in [3.63, 3.8) is 0 Å². The second kappa shape index (κ2) is 4.56. The van der Waals surface area contributed by atoms with Gasteiger partial charge < -0.3 is 5.43 Å². The molecule has 1 aromatic rings. The third-order valence-corrected chi connectivity index (χ3v) is 2.40. The fourth-order valence-electron chi connectivity index (χ4n) is 0.949. The van der Waals surface area contributed by atoms with Gasteiger partial charge in [0, 0.05) is 29.8 Å². The average molecular weight is 307 g/mol. The van der Waals surface area contributed by atoms with E-state index in [4.69, 9.17) is 0 Å². The molecule has 1 rings (SSSR count). The molecule has 0 heterocycles. The fraction of sp³-hybridized carbons (Fsp3) is 0.250. The highest BCUT2D eigenvalue weighted by Gasteiger charge is 2.08. The third kappa shape index (κ3) is 2.81. The van der Waals surface area contributed by atoms with Crippen LogP contribution in [0.25, 0.3) is 0 Å². The normalized spacial score (nSPS) is 10.3. The highest BCUT2D eigenvalue weighted by atomic mass is 127. The Morgan fingerprint density at radius 3 is 2.57 bits per heavy atom. The second-order valence-corrected chi connectivity index (χ2v) is 4.09. The second-order valence-electron chi connectivity index (χ2n) is 2.93. The van der Waals surface area contributed by atoms with E-state index in [-0.39, 0.29) is 5.69 Å². The van der Waals surface area contributed by atoms with Crippen LogP contribution < -0.4 is 5.43 Å². The molecule has 0 aliphatic heterocycles. The molecule has 0 bridgehead atoms. The van der Waals surface area contributed by atoms with E-state index >= 15 is 0 Å². The maximum absolute atomic E-state index is 10.5. The predicted molar refractivity (Wildman–Crippen MR) is 63.1 cm³/mol. The lowest BCUT2D eigenvalue weighted by Crippen LogP contribution is -2.20. The van der Waals surface area contributed by atoms with E-state index in [0.717, 1.165) is 9.26 Å². The molecule has 0 radical (unpaired) electrons. The molecule has 0 fully saturated rings. The van der Waals surface area contributed by atoms with Gasteiger partial charge >= 0.3 is 0 Å². The van der Waals surface area contributed by atoms with Crippen LogP contribution >= 0.6 is 22.6 Å². The molecule has 1 aromatic carbocycles. The van der Waals surface area contributed by atoms with E-state index in [1.807, 2.05) is 14.1 Å². The largest absolute Gasteiger partial charge is 0.318 e. The zero-order valence-corrected chi connectivity index (χ0v) is 9.98. The number of nitrogens with one attached hydrogen (secondary N) is 1. The van der Waals surface area contributed by atoms with Gasteiger partial charge in [-0.15, -0.1) is 0 Å². The zero-order chi connectivity index (χ0) is 10.7. The van der Waals surface area contributed by atoms with E-state index in [1.165, 1.54) is 12.1 Å². The summed E-state index contributed by atoms with van der Waals surface area (Å²) in [5, 5.41) is 12.2.